The van der Waals surface area contributed by atoms with Crippen LogP contribution in [-0.4, -0.2) is 34.5 Å². The van der Waals surface area contributed by atoms with Gasteiger partial charge in [0.1, 0.15) is 0 Å². The maximum atomic E-state index is 11.8. The van der Waals surface area contributed by atoms with Crippen molar-refractivity contribution in [1.82, 2.24) is 4.90 Å². The number of carbonyl (C=O) groups is 2. The molecular weight excluding hydrogens is 230 g/mol. The quantitative estimate of drug-likeness (QED) is 0.767. The molecule has 4 heteroatoms. The van der Waals surface area contributed by atoms with Crippen molar-refractivity contribution in [2.24, 2.45) is 16.7 Å². The minimum Gasteiger partial charge on any atom is -0.474 e. The molecule has 2 bridgehead atoms. The van der Waals surface area contributed by atoms with Gasteiger partial charge < -0.3 is 10.0 Å². The molecule has 1 N–H and O–H groups in total. The summed E-state index contributed by atoms with van der Waals surface area (Å²) in [7, 11) is 0. The van der Waals surface area contributed by atoms with Crippen LogP contribution in [0.3, 0.4) is 0 Å². The van der Waals surface area contributed by atoms with E-state index in [-0.39, 0.29) is 16.9 Å². The molecule has 0 heterocycles. The molecule has 0 saturated heterocycles. The smallest absolute Gasteiger partial charge is 0.394 e. The lowest BCUT2D eigenvalue weighted by Gasteiger charge is -2.43. The van der Waals surface area contributed by atoms with E-state index in [1.165, 1.54) is 6.42 Å². The van der Waals surface area contributed by atoms with E-state index in [4.69, 9.17) is 5.11 Å². The van der Waals surface area contributed by atoms with Gasteiger partial charge in [-0.25, -0.2) is 4.79 Å². The van der Waals surface area contributed by atoms with Gasteiger partial charge in [0.2, 0.25) is 0 Å². The zero-order chi connectivity index (χ0) is 13.7. The summed E-state index contributed by atoms with van der Waals surface area (Å²) in [6.45, 7) is 9.10. The number of hydrogen-bond acceptors (Lipinski definition) is 2. The van der Waals surface area contributed by atoms with E-state index in [9.17, 15) is 9.59 Å². The molecule has 2 saturated carbocycles. The molecule has 3 atom stereocenters. The van der Waals surface area contributed by atoms with Gasteiger partial charge in [0, 0.05) is 12.6 Å². The SMILES string of the molecule is CCN(C(=O)C(=O)O)C1CC2CCC1(C)C2(C)C. The molecule has 3 unspecified atom stereocenters. The van der Waals surface area contributed by atoms with Gasteiger partial charge in [-0.2, -0.15) is 0 Å². The summed E-state index contributed by atoms with van der Waals surface area (Å²) in [5.74, 6) is -1.46. The average Bonchev–Trinajstić information content (AvgIpc) is 2.62. The van der Waals surface area contributed by atoms with E-state index in [0.29, 0.717) is 12.5 Å². The molecule has 0 spiro atoms. The number of likely N-dealkylation sites (N-methyl/N-ethyl adjacent to an activating group) is 1. The fourth-order valence-corrected chi connectivity index (χ4v) is 4.26. The lowest BCUT2D eigenvalue weighted by molar-refractivity contribution is -0.158. The summed E-state index contributed by atoms with van der Waals surface area (Å²) in [5.41, 5.74) is 0.253. The number of carboxylic acids is 1. The number of aliphatic carboxylic acids is 1. The van der Waals surface area contributed by atoms with Crippen LogP contribution in [0, 0.1) is 16.7 Å². The third-order valence-electron chi connectivity index (χ3n) is 5.91. The van der Waals surface area contributed by atoms with E-state index in [0.717, 1.165) is 12.8 Å². The number of carbonyl (C=O) groups excluding carboxylic acids is 1. The van der Waals surface area contributed by atoms with Crippen LogP contribution < -0.4 is 0 Å². The van der Waals surface area contributed by atoms with E-state index in [1.54, 1.807) is 4.90 Å². The van der Waals surface area contributed by atoms with Gasteiger partial charge >= 0.3 is 11.9 Å². The van der Waals surface area contributed by atoms with E-state index < -0.39 is 11.9 Å². The van der Waals surface area contributed by atoms with Crippen molar-refractivity contribution < 1.29 is 14.7 Å². The maximum Gasteiger partial charge on any atom is 0.394 e. The number of amides is 1. The first-order valence-electron chi connectivity index (χ1n) is 6.79. The Kier molecular flexibility index (Phi) is 2.95. The van der Waals surface area contributed by atoms with Crippen LogP contribution in [0.4, 0.5) is 0 Å². The molecule has 0 aliphatic heterocycles. The van der Waals surface area contributed by atoms with Gasteiger partial charge in [-0.1, -0.05) is 20.8 Å². The Bertz CT molecular complexity index is 391. The first-order chi connectivity index (χ1) is 8.25. The van der Waals surface area contributed by atoms with Crippen molar-refractivity contribution in [3.8, 4) is 0 Å². The third kappa shape index (κ3) is 1.50. The van der Waals surface area contributed by atoms with Crippen molar-refractivity contribution in [2.75, 3.05) is 6.54 Å². The second kappa shape index (κ2) is 3.97. The molecule has 0 aromatic heterocycles. The molecule has 2 aliphatic carbocycles. The van der Waals surface area contributed by atoms with Crippen molar-refractivity contribution >= 4 is 11.9 Å². The molecule has 0 aromatic rings. The summed E-state index contributed by atoms with van der Waals surface area (Å²) in [6, 6.07) is 0.0832. The summed E-state index contributed by atoms with van der Waals surface area (Å²) in [4.78, 5) is 24.3. The molecule has 18 heavy (non-hydrogen) atoms. The number of nitrogens with zero attached hydrogens (tertiary/aromatic N) is 1. The van der Waals surface area contributed by atoms with Crippen LogP contribution in [0.1, 0.15) is 47.0 Å². The molecule has 2 aliphatic rings. The maximum absolute atomic E-state index is 11.8. The summed E-state index contributed by atoms with van der Waals surface area (Å²) in [5, 5.41) is 8.94. The Labute approximate surface area is 108 Å². The summed E-state index contributed by atoms with van der Waals surface area (Å²) < 4.78 is 0. The predicted molar refractivity (Wildman–Crippen MR) is 68.0 cm³/mol. The minimum atomic E-state index is -1.33. The second-order valence-electron chi connectivity index (χ2n) is 6.52. The molecule has 2 rings (SSSR count). The molecule has 1 amide bonds. The van der Waals surface area contributed by atoms with Crippen LogP contribution in [0.25, 0.3) is 0 Å². The first kappa shape index (κ1) is 13.4. The average molecular weight is 253 g/mol. The van der Waals surface area contributed by atoms with Gasteiger partial charge in [0.05, 0.1) is 0 Å². The lowest BCUT2D eigenvalue weighted by atomic mass is 9.69. The Morgan fingerprint density at radius 1 is 1.33 bits per heavy atom. The van der Waals surface area contributed by atoms with E-state index >= 15 is 0 Å². The van der Waals surface area contributed by atoms with Crippen molar-refractivity contribution in [3.05, 3.63) is 0 Å². The third-order valence-corrected chi connectivity index (χ3v) is 5.91. The topological polar surface area (TPSA) is 57.6 Å². The second-order valence-corrected chi connectivity index (χ2v) is 6.52. The van der Waals surface area contributed by atoms with Crippen molar-refractivity contribution in [2.45, 2.75) is 53.0 Å². The standard InChI is InChI=1S/C14H23NO3/c1-5-15(11(16)12(17)18)10-8-9-6-7-14(10,4)13(9,2)3/h9-10H,5-8H2,1-4H3,(H,17,18). The molecule has 0 aromatic carbocycles. The molecule has 102 valence electrons. The van der Waals surface area contributed by atoms with Crippen molar-refractivity contribution in [1.29, 1.82) is 0 Å². The molecule has 0 radical (unpaired) electrons. The minimum absolute atomic E-state index is 0.0544. The fraction of sp³-hybridized carbons (Fsp3) is 0.857. The number of fused-ring (bicyclic) bond motifs is 2. The highest BCUT2D eigenvalue weighted by molar-refractivity contribution is 6.31. The monoisotopic (exact) mass is 253 g/mol. The zero-order valence-electron chi connectivity index (χ0n) is 11.7. The van der Waals surface area contributed by atoms with Gasteiger partial charge in [-0.15, -0.1) is 0 Å². The van der Waals surface area contributed by atoms with Gasteiger partial charge in [-0.3, -0.25) is 4.79 Å². The van der Waals surface area contributed by atoms with E-state index in [2.05, 4.69) is 20.8 Å². The van der Waals surface area contributed by atoms with Gasteiger partial charge in [0.15, 0.2) is 0 Å². The Balaban J connectivity index is 2.30. The number of carboxylic acid groups (broad SMARTS) is 1. The Hall–Kier alpha value is -1.06. The largest absolute Gasteiger partial charge is 0.474 e. The normalized spacial score (nSPS) is 36.7. The highest BCUT2D eigenvalue weighted by Gasteiger charge is 2.63. The predicted octanol–water partition coefficient (Wildman–Crippen LogP) is 2.13. The summed E-state index contributed by atoms with van der Waals surface area (Å²) >= 11 is 0. The molecule has 4 nitrogen and oxygen atoms in total. The Morgan fingerprint density at radius 2 is 1.94 bits per heavy atom. The van der Waals surface area contributed by atoms with Crippen LogP contribution in [0.2, 0.25) is 0 Å². The van der Waals surface area contributed by atoms with Gasteiger partial charge in [-0.05, 0) is 42.9 Å². The highest BCUT2D eigenvalue weighted by Crippen LogP contribution is 2.66. The number of hydrogen-bond donors (Lipinski definition) is 1. The summed E-state index contributed by atoms with van der Waals surface area (Å²) in [6.07, 6.45) is 3.26. The molecule has 2 fully saturated rings. The van der Waals surface area contributed by atoms with Crippen LogP contribution >= 0.6 is 0 Å². The van der Waals surface area contributed by atoms with Crippen molar-refractivity contribution in [3.63, 3.8) is 0 Å². The number of rotatable bonds is 2. The fourth-order valence-electron chi connectivity index (χ4n) is 4.26. The van der Waals surface area contributed by atoms with Crippen LogP contribution in [-0.2, 0) is 9.59 Å². The van der Waals surface area contributed by atoms with Crippen LogP contribution in [0.5, 0.6) is 0 Å². The van der Waals surface area contributed by atoms with Gasteiger partial charge in [0.25, 0.3) is 0 Å². The van der Waals surface area contributed by atoms with E-state index in [1.807, 2.05) is 6.92 Å². The highest BCUT2D eigenvalue weighted by atomic mass is 16.4. The Morgan fingerprint density at radius 3 is 2.28 bits per heavy atom. The lowest BCUT2D eigenvalue weighted by Crippen LogP contribution is -2.51. The zero-order valence-corrected chi connectivity index (χ0v) is 11.7. The first-order valence-corrected chi connectivity index (χ1v) is 6.79. The molecular formula is C14H23NO3. The van der Waals surface area contributed by atoms with Crippen LogP contribution in [0.15, 0.2) is 0 Å².